The standard InChI is InChI=1S/C25H27ClF2N6O/c1-15(2)34-14-18(12-31-34)16-3-4-21-19(9-16)22(13-29-21)32-24(35)17-10-20(26)23(30-11-17)33-7-5-25(27,28)6-8-33/h3-4,9-15,24,29,32,35H,5-8H2,1-2H3. The highest BCUT2D eigenvalue weighted by atomic mass is 35.5. The molecule has 1 aromatic carbocycles. The van der Waals surface area contributed by atoms with Crippen molar-refractivity contribution in [1.82, 2.24) is 19.7 Å². The van der Waals surface area contributed by atoms with E-state index in [4.69, 9.17) is 11.6 Å². The summed E-state index contributed by atoms with van der Waals surface area (Å²) in [5, 5.41) is 19.6. The molecule has 1 aliphatic heterocycles. The lowest BCUT2D eigenvalue weighted by Gasteiger charge is -2.33. The van der Waals surface area contributed by atoms with Crippen LogP contribution >= 0.6 is 11.6 Å². The van der Waals surface area contributed by atoms with Gasteiger partial charge in [0.25, 0.3) is 5.92 Å². The van der Waals surface area contributed by atoms with E-state index in [1.807, 2.05) is 35.3 Å². The van der Waals surface area contributed by atoms with Gasteiger partial charge in [0, 0.05) is 72.6 Å². The summed E-state index contributed by atoms with van der Waals surface area (Å²) in [4.78, 5) is 9.33. The van der Waals surface area contributed by atoms with Crippen LogP contribution in [-0.2, 0) is 0 Å². The summed E-state index contributed by atoms with van der Waals surface area (Å²) < 4.78 is 28.9. The van der Waals surface area contributed by atoms with Crippen molar-refractivity contribution in [2.75, 3.05) is 23.3 Å². The van der Waals surface area contributed by atoms with Gasteiger partial charge in [-0.1, -0.05) is 17.7 Å². The summed E-state index contributed by atoms with van der Waals surface area (Å²) in [6, 6.07) is 7.96. The van der Waals surface area contributed by atoms with Crippen LogP contribution < -0.4 is 10.2 Å². The number of H-pyrrole nitrogens is 1. The number of nitrogens with one attached hydrogen (secondary N) is 2. The highest BCUT2D eigenvalue weighted by Crippen LogP contribution is 2.35. The van der Waals surface area contributed by atoms with E-state index in [0.29, 0.717) is 16.4 Å². The Labute approximate surface area is 206 Å². The van der Waals surface area contributed by atoms with E-state index in [9.17, 15) is 13.9 Å². The molecule has 1 atom stereocenters. The number of aliphatic hydroxyl groups excluding tert-OH is 1. The van der Waals surface area contributed by atoms with E-state index in [1.54, 1.807) is 17.2 Å². The highest BCUT2D eigenvalue weighted by molar-refractivity contribution is 6.33. The molecule has 4 aromatic rings. The van der Waals surface area contributed by atoms with Gasteiger partial charge in [0.2, 0.25) is 0 Å². The molecule has 3 N–H and O–H groups in total. The third-order valence-corrected chi connectivity index (χ3v) is 6.67. The van der Waals surface area contributed by atoms with Gasteiger partial charge in [-0.25, -0.2) is 13.8 Å². The first-order chi connectivity index (χ1) is 16.7. The molecule has 4 heterocycles. The van der Waals surface area contributed by atoms with E-state index in [0.717, 1.165) is 27.7 Å². The topological polar surface area (TPSA) is 82.0 Å². The fourth-order valence-corrected chi connectivity index (χ4v) is 4.59. The lowest BCUT2D eigenvalue weighted by molar-refractivity contribution is -0.0221. The molecule has 10 heteroatoms. The molecule has 0 saturated carbocycles. The van der Waals surface area contributed by atoms with Gasteiger partial charge in [0.15, 0.2) is 6.23 Å². The molecule has 1 fully saturated rings. The lowest BCUT2D eigenvalue weighted by Crippen LogP contribution is -2.39. The van der Waals surface area contributed by atoms with Crippen LogP contribution in [0.4, 0.5) is 20.3 Å². The molecule has 0 radical (unpaired) electrons. The number of halogens is 3. The van der Waals surface area contributed by atoms with Crippen LogP contribution in [-0.4, -0.2) is 43.9 Å². The van der Waals surface area contributed by atoms with Crippen molar-refractivity contribution in [3.63, 3.8) is 0 Å². The summed E-state index contributed by atoms with van der Waals surface area (Å²) in [7, 11) is 0. The molecule has 7 nitrogen and oxygen atoms in total. The average molecular weight is 501 g/mol. The second-order valence-electron chi connectivity index (χ2n) is 9.23. The molecule has 1 saturated heterocycles. The Balaban J connectivity index is 1.34. The van der Waals surface area contributed by atoms with E-state index in [2.05, 4.69) is 34.2 Å². The minimum absolute atomic E-state index is 0.188. The van der Waals surface area contributed by atoms with Gasteiger partial charge in [-0.15, -0.1) is 0 Å². The van der Waals surface area contributed by atoms with Gasteiger partial charge in [-0.3, -0.25) is 4.68 Å². The van der Waals surface area contributed by atoms with Gasteiger partial charge in [0.1, 0.15) is 5.82 Å². The normalized spacial score (nSPS) is 16.7. The summed E-state index contributed by atoms with van der Waals surface area (Å²) in [5.74, 6) is -2.19. The first kappa shape index (κ1) is 23.6. The van der Waals surface area contributed by atoms with Gasteiger partial charge in [0.05, 0.1) is 16.9 Å². The number of benzene rings is 1. The second-order valence-corrected chi connectivity index (χ2v) is 9.64. The van der Waals surface area contributed by atoms with Crippen molar-refractivity contribution in [3.8, 4) is 11.1 Å². The molecule has 1 aliphatic rings. The van der Waals surface area contributed by atoms with Crippen molar-refractivity contribution in [1.29, 1.82) is 0 Å². The van der Waals surface area contributed by atoms with Gasteiger partial charge < -0.3 is 20.3 Å². The highest BCUT2D eigenvalue weighted by Gasteiger charge is 2.35. The molecule has 184 valence electrons. The predicted octanol–water partition coefficient (Wildman–Crippen LogP) is 6.00. The van der Waals surface area contributed by atoms with Gasteiger partial charge in [-0.05, 0) is 37.6 Å². The molecule has 5 rings (SSSR count). The number of piperidine rings is 1. The van der Waals surface area contributed by atoms with E-state index in [1.165, 1.54) is 6.20 Å². The number of nitrogens with zero attached hydrogens (tertiary/aromatic N) is 4. The van der Waals surface area contributed by atoms with E-state index >= 15 is 0 Å². The maximum absolute atomic E-state index is 13.5. The molecular formula is C25H27ClF2N6O. The van der Waals surface area contributed by atoms with Crippen molar-refractivity contribution < 1.29 is 13.9 Å². The largest absolute Gasteiger partial charge is 0.369 e. The average Bonchev–Trinajstić information content (AvgIpc) is 3.47. The number of hydrogen-bond acceptors (Lipinski definition) is 5. The van der Waals surface area contributed by atoms with Crippen LogP contribution in [0.1, 0.15) is 44.5 Å². The van der Waals surface area contributed by atoms with Crippen LogP contribution in [0.3, 0.4) is 0 Å². The first-order valence-corrected chi connectivity index (χ1v) is 12.0. The minimum Gasteiger partial charge on any atom is -0.369 e. The number of alkyl halides is 2. The molecule has 0 aliphatic carbocycles. The van der Waals surface area contributed by atoms with Crippen molar-refractivity contribution >= 4 is 34.0 Å². The number of fused-ring (bicyclic) bond motifs is 1. The lowest BCUT2D eigenvalue weighted by atomic mass is 10.1. The van der Waals surface area contributed by atoms with Gasteiger partial charge >= 0.3 is 0 Å². The number of hydrogen-bond donors (Lipinski definition) is 3. The summed E-state index contributed by atoms with van der Waals surface area (Å²) in [5.41, 5.74) is 4.15. The summed E-state index contributed by atoms with van der Waals surface area (Å²) >= 11 is 6.42. The Bertz CT molecular complexity index is 1340. The maximum atomic E-state index is 13.5. The Kier molecular flexibility index (Phi) is 6.14. The molecule has 3 aromatic heterocycles. The maximum Gasteiger partial charge on any atom is 0.251 e. The van der Waals surface area contributed by atoms with E-state index < -0.39 is 12.2 Å². The van der Waals surface area contributed by atoms with E-state index in [-0.39, 0.29) is 32.0 Å². The minimum atomic E-state index is -2.64. The molecule has 35 heavy (non-hydrogen) atoms. The summed E-state index contributed by atoms with van der Waals surface area (Å²) in [6.45, 7) is 4.53. The summed E-state index contributed by atoms with van der Waals surface area (Å²) in [6.07, 6.45) is 5.66. The monoisotopic (exact) mass is 500 g/mol. The van der Waals surface area contributed by atoms with Crippen molar-refractivity contribution in [2.24, 2.45) is 0 Å². The number of anilines is 2. The van der Waals surface area contributed by atoms with Crippen LogP contribution in [0.15, 0.2) is 49.1 Å². The molecule has 0 amide bonds. The number of rotatable bonds is 6. The fraction of sp³-hybridized carbons (Fsp3) is 0.360. The van der Waals surface area contributed by atoms with Crippen LogP contribution in [0.25, 0.3) is 22.0 Å². The third kappa shape index (κ3) is 4.83. The quantitative estimate of drug-likeness (QED) is 0.283. The zero-order valence-corrected chi connectivity index (χ0v) is 20.2. The number of aromatic nitrogens is 4. The predicted molar refractivity (Wildman–Crippen MR) is 134 cm³/mol. The Morgan fingerprint density at radius 3 is 2.60 bits per heavy atom. The SMILES string of the molecule is CC(C)n1cc(-c2ccc3[nH]cc(NC(O)c4cnc(N5CCC(F)(F)CC5)c(Cl)c4)c3c2)cn1. The van der Waals surface area contributed by atoms with Crippen molar-refractivity contribution in [3.05, 3.63) is 59.6 Å². The van der Waals surface area contributed by atoms with Crippen molar-refractivity contribution in [2.45, 2.75) is 44.9 Å². The second kappa shape index (κ2) is 9.13. The first-order valence-electron chi connectivity index (χ1n) is 11.6. The zero-order chi connectivity index (χ0) is 24.7. The number of aliphatic hydroxyl groups is 1. The molecular weight excluding hydrogens is 474 g/mol. The third-order valence-electron chi connectivity index (χ3n) is 6.39. The fourth-order valence-electron chi connectivity index (χ4n) is 4.29. The number of pyridine rings is 1. The molecule has 1 unspecified atom stereocenters. The zero-order valence-electron chi connectivity index (χ0n) is 19.5. The molecule has 0 spiro atoms. The number of aromatic amines is 1. The van der Waals surface area contributed by atoms with Crippen LogP contribution in [0, 0.1) is 0 Å². The Hall–Kier alpha value is -3.17. The van der Waals surface area contributed by atoms with Crippen LogP contribution in [0.2, 0.25) is 5.02 Å². The van der Waals surface area contributed by atoms with Crippen LogP contribution in [0.5, 0.6) is 0 Å². The Morgan fingerprint density at radius 1 is 1.14 bits per heavy atom. The van der Waals surface area contributed by atoms with Gasteiger partial charge in [-0.2, -0.15) is 5.10 Å². The molecule has 0 bridgehead atoms. The Morgan fingerprint density at radius 2 is 1.91 bits per heavy atom. The smallest absolute Gasteiger partial charge is 0.251 e.